The number of carbonyl (C=O) groups is 1. The molecule has 0 aliphatic rings. The Kier molecular flexibility index (Phi) is 5.76. The second-order valence-corrected chi connectivity index (χ2v) is 7.07. The van der Waals surface area contributed by atoms with Crippen molar-refractivity contribution < 1.29 is 26.4 Å². The van der Waals surface area contributed by atoms with Crippen LogP contribution in [0.2, 0.25) is 0 Å². The first-order chi connectivity index (χ1) is 9.52. The third-order valence-electron chi connectivity index (χ3n) is 2.67. The number of halogens is 3. The number of amides is 1. The minimum absolute atomic E-state index is 0.0746. The standard InChI is InChI=1S/C11H15F3N2O3S2/c1-7-8(6-20-10(7)21(15,18)19)9(17)16-5-3-2-4-11(12,13)14/h6H,2-5H2,1H3,(H,16,17)(H2,15,18,19). The predicted molar refractivity (Wildman–Crippen MR) is 72.7 cm³/mol. The van der Waals surface area contributed by atoms with Gasteiger partial charge in [-0.3, -0.25) is 4.79 Å². The minimum Gasteiger partial charge on any atom is -0.352 e. The lowest BCUT2D eigenvalue weighted by molar-refractivity contribution is -0.135. The van der Waals surface area contributed by atoms with Gasteiger partial charge in [-0.05, 0) is 25.3 Å². The van der Waals surface area contributed by atoms with Gasteiger partial charge >= 0.3 is 6.18 Å². The molecule has 0 unspecified atom stereocenters. The zero-order chi connectivity index (χ0) is 16.3. The van der Waals surface area contributed by atoms with Crippen LogP contribution in [0.4, 0.5) is 13.2 Å². The number of sulfonamides is 1. The van der Waals surface area contributed by atoms with Crippen molar-refractivity contribution in [3.05, 3.63) is 16.5 Å². The molecule has 1 amide bonds. The van der Waals surface area contributed by atoms with Crippen LogP contribution >= 0.6 is 11.3 Å². The fourth-order valence-corrected chi connectivity index (χ4v) is 3.66. The largest absolute Gasteiger partial charge is 0.389 e. The lowest BCUT2D eigenvalue weighted by Crippen LogP contribution is -2.25. The Morgan fingerprint density at radius 2 is 2.00 bits per heavy atom. The van der Waals surface area contributed by atoms with E-state index in [0.29, 0.717) is 0 Å². The van der Waals surface area contributed by atoms with E-state index in [4.69, 9.17) is 5.14 Å². The highest BCUT2D eigenvalue weighted by molar-refractivity contribution is 7.91. The van der Waals surface area contributed by atoms with Gasteiger partial charge in [0.2, 0.25) is 10.0 Å². The molecule has 0 atom stereocenters. The van der Waals surface area contributed by atoms with Gasteiger partial charge in [-0.15, -0.1) is 11.3 Å². The predicted octanol–water partition coefficient (Wildman–Crippen LogP) is 2.17. The van der Waals surface area contributed by atoms with Crippen molar-refractivity contribution in [2.45, 2.75) is 36.6 Å². The monoisotopic (exact) mass is 344 g/mol. The lowest BCUT2D eigenvalue weighted by atomic mass is 10.2. The molecule has 21 heavy (non-hydrogen) atoms. The molecule has 0 radical (unpaired) electrons. The first kappa shape index (κ1) is 17.9. The number of nitrogens with two attached hydrogens (primary N) is 1. The molecule has 3 N–H and O–H groups in total. The molecule has 0 fully saturated rings. The van der Waals surface area contributed by atoms with Crippen LogP contribution in [0.5, 0.6) is 0 Å². The fourth-order valence-electron chi connectivity index (χ4n) is 1.65. The maximum Gasteiger partial charge on any atom is 0.389 e. The third-order valence-corrected chi connectivity index (χ3v) is 5.35. The van der Waals surface area contributed by atoms with Crippen molar-refractivity contribution in [1.29, 1.82) is 0 Å². The fraction of sp³-hybridized carbons (Fsp3) is 0.545. The average Bonchev–Trinajstić information content (AvgIpc) is 2.68. The summed E-state index contributed by atoms with van der Waals surface area (Å²) in [5, 5.41) is 8.81. The number of hydrogen-bond donors (Lipinski definition) is 2. The van der Waals surface area contributed by atoms with Gasteiger partial charge in [0.15, 0.2) is 0 Å². The maximum absolute atomic E-state index is 11.9. The smallest absolute Gasteiger partial charge is 0.352 e. The van der Waals surface area contributed by atoms with Crippen molar-refractivity contribution in [2.24, 2.45) is 5.14 Å². The van der Waals surface area contributed by atoms with Crippen LogP contribution < -0.4 is 10.5 Å². The van der Waals surface area contributed by atoms with Gasteiger partial charge in [-0.1, -0.05) is 0 Å². The summed E-state index contributed by atoms with van der Waals surface area (Å²) in [6.07, 6.45) is -4.97. The van der Waals surface area contributed by atoms with E-state index in [2.05, 4.69) is 5.32 Å². The molecule has 0 saturated carbocycles. The zero-order valence-electron chi connectivity index (χ0n) is 11.2. The second kappa shape index (κ2) is 6.75. The first-order valence-electron chi connectivity index (χ1n) is 5.98. The Hall–Kier alpha value is -1.13. The highest BCUT2D eigenvalue weighted by atomic mass is 32.2. The van der Waals surface area contributed by atoms with Gasteiger partial charge in [0, 0.05) is 18.3 Å². The van der Waals surface area contributed by atoms with Crippen LogP contribution in [0.1, 0.15) is 35.2 Å². The third kappa shape index (κ3) is 5.64. The van der Waals surface area contributed by atoms with Crippen LogP contribution in [0, 0.1) is 6.92 Å². The summed E-state index contributed by atoms with van der Waals surface area (Å²) >= 11 is 0.836. The molecular formula is C11H15F3N2O3S2. The Labute approximate surface area is 124 Å². The molecule has 0 saturated heterocycles. The van der Waals surface area contributed by atoms with E-state index in [1.165, 1.54) is 12.3 Å². The summed E-state index contributed by atoms with van der Waals surface area (Å²) in [5.41, 5.74) is 0.412. The molecule has 1 aromatic rings. The number of nitrogens with one attached hydrogen (secondary N) is 1. The van der Waals surface area contributed by atoms with Crippen LogP contribution in [-0.2, 0) is 10.0 Å². The molecule has 0 aliphatic heterocycles. The van der Waals surface area contributed by atoms with Crippen molar-refractivity contribution in [2.75, 3.05) is 6.54 Å². The van der Waals surface area contributed by atoms with Crippen LogP contribution in [0.3, 0.4) is 0 Å². The topological polar surface area (TPSA) is 89.3 Å². The summed E-state index contributed by atoms with van der Waals surface area (Å²) < 4.78 is 58.1. The molecule has 0 bridgehead atoms. The van der Waals surface area contributed by atoms with Crippen molar-refractivity contribution in [3.8, 4) is 0 Å². The summed E-state index contributed by atoms with van der Waals surface area (Å²) in [5.74, 6) is -0.523. The van der Waals surface area contributed by atoms with Gasteiger partial charge in [0.05, 0.1) is 5.56 Å². The SMILES string of the molecule is Cc1c(C(=O)NCCCCC(F)(F)F)csc1S(N)(=O)=O. The summed E-state index contributed by atoms with van der Waals surface area (Å²) in [6.45, 7) is 1.55. The maximum atomic E-state index is 11.9. The highest BCUT2D eigenvalue weighted by Gasteiger charge is 2.26. The number of thiophene rings is 1. The van der Waals surface area contributed by atoms with E-state index in [0.717, 1.165) is 11.3 Å². The minimum atomic E-state index is -4.20. The van der Waals surface area contributed by atoms with Crippen LogP contribution in [0.15, 0.2) is 9.59 Å². The Bertz CT molecular complexity index is 609. The molecule has 0 spiro atoms. The zero-order valence-corrected chi connectivity index (χ0v) is 12.8. The quantitative estimate of drug-likeness (QED) is 0.775. The van der Waals surface area contributed by atoms with Crippen LogP contribution in [-0.4, -0.2) is 27.0 Å². The molecule has 1 rings (SSSR count). The van der Waals surface area contributed by atoms with E-state index < -0.39 is 28.5 Å². The van der Waals surface area contributed by atoms with E-state index in [1.807, 2.05) is 0 Å². The summed E-state index contributed by atoms with van der Waals surface area (Å²) in [7, 11) is -3.88. The Morgan fingerprint density at radius 1 is 1.38 bits per heavy atom. The molecule has 10 heteroatoms. The van der Waals surface area contributed by atoms with E-state index in [1.54, 1.807) is 0 Å². The Morgan fingerprint density at radius 3 is 2.48 bits per heavy atom. The lowest BCUT2D eigenvalue weighted by Gasteiger charge is -2.07. The molecule has 1 aromatic heterocycles. The number of carbonyl (C=O) groups excluding carboxylic acids is 1. The van der Waals surface area contributed by atoms with Crippen molar-refractivity contribution >= 4 is 27.3 Å². The summed E-state index contributed by atoms with van der Waals surface area (Å²) in [6, 6.07) is 0. The molecule has 1 heterocycles. The molecule has 0 aromatic carbocycles. The van der Waals surface area contributed by atoms with Gasteiger partial charge < -0.3 is 5.32 Å². The van der Waals surface area contributed by atoms with Gasteiger partial charge in [-0.2, -0.15) is 13.2 Å². The molecule has 0 aliphatic carbocycles. The number of alkyl halides is 3. The second-order valence-electron chi connectivity index (χ2n) is 4.44. The number of rotatable bonds is 6. The highest BCUT2D eigenvalue weighted by Crippen LogP contribution is 2.25. The van der Waals surface area contributed by atoms with Crippen LogP contribution in [0.25, 0.3) is 0 Å². The normalized spacial score (nSPS) is 12.4. The van der Waals surface area contributed by atoms with E-state index in [-0.39, 0.29) is 34.7 Å². The van der Waals surface area contributed by atoms with Crippen molar-refractivity contribution in [1.82, 2.24) is 5.32 Å². The Balaban J connectivity index is 2.52. The van der Waals surface area contributed by atoms with E-state index in [9.17, 15) is 26.4 Å². The number of primary sulfonamides is 1. The molecular weight excluding hydrogens is 329 g/mol. The average molecular weight is 344 g/mol. The molecule has 5 nitrogen and oxygen atoms in total. The number of unbranched alkanes of at least 4 members (excludes halogenated alkanes) is 1. The van der Waals surface area contributed by atoms with Gasteiger partial charge in [-0.25, -0.2) is 13.6 Å². The molecule has 120 valence electrons. The first-order valence-corrected chi connectivity index (χ1v) is 8.41. The van der Waals surface area contributed by atoms with Gasteiger partial charge in [0.1, 0.15) is 4.21 Å². The number of hydrogen-bond acceptors (Lipinski definition) is 4. The van der Waals surface area contributed by atoms with E-state index >= 15 is 0 Å². The van der Waals surface area contributed by atoms with Gasteiger partial charge in [0.25, 0.3) is 5.91 Å². The summed E-state index contributed by atoms with van der Waals surface area (Å²) in [4.78, 5) is 11.8. The van der Waals surface area contributed by atoms with Crippen molar-refractivity contribution in [3.63, 3.8) is 0 Å².